The van der Waals surface area contributed by atoms with Crippen molar-refractivity contribution in [2.24, 2.45) is 5.92 Å². The Hall–Kier alpha value is -3.40. The molecule has 2 aliphatic rings. The standard InChI is InChI=1S/C30H43N7O3/c1-6-21(2)29(38)35-19-22(3)36(23(4)20-35)17-18-40-26-9-7-24(8-10-26)25-13-15-34(16-14-25)28-12-11-27-31-32-30(39-5)37(27)33-28/h7-12,21-23,25H,6,13-20H2,1-5H3. The van der Waals surface area contributed by atoms with Crippen molar-refractivity contribution in [3.8, 4) is 11.8 Å². The van der Waals surface area contributed by atoms with Crippen molar-refractivity contribution in [3.05, 3.63) is 42.0 Å². The van der Waals surface area contributed by atoms with Crippen LogP contribution < -0.4 is 14.4 Å². The van der Waals surface area contributed by atoms with Crippen molar-refractivity contribution >= 4 is 17.4 Å². The van der Waals surface area contributed by atoms with Crippen LogP contribution in [0.5, 0.6) is 11.8 Å². The SMILES string of the molecule is CCC(C)C(=O)N1CC(C)N(CCOc2ccc(C3CCN(c4ccc5nnc(OC)n5n4)CC3)cc2)C(C)C1. The van der Waals surface area contributed by atoms with Crippen LogP contribution in [0, 0.1) is 5.92 Å². The molecule has 0 aliphatic carbocycles. The molecule has 3 unspecified atom stereocenters. The molecule has 1 amide bonds. The average molecular weight is 550 g/mol. The number of hydrogen-bond donors (Lipinski definition) is 0. The third-order valence-electron chi connectivity index (χ3n) is 8.64. The second kappa shape index (κ2) is 12.4. The van der Waals surface area contributed by atoms with E-state index in [0.717, 1.165) is 63.6 Å². The number of piperazine rings is 1. The van der Waals surface area contributed by atoms with Crippen LogP contribution >= 0.6 is 0 Å². The van der Waals surface area contributed by atoms with Gasteiger partial charge in [0.25, 0.3) is 0 Å². The van der Waals surface area contributed by atoms with Crippen molar-refractivity contribution in [2.45, 2.75) is 65.0 Å². The van der Waals surface area contributed by atoms with Gasteiger partial charge in [0, 0.05) is 50.7 Å². The number of carbonyl (C=O) groups is 1. The maximum absolute atomic E-state index is 12.7. The van der Waals surface area contributed by atoms with E-state index in [-0.39, 0.29) is 11.8 Å². The van der Waals surface area contributed by atoms with Crippen molar-refractivity contribution in [1.29, 1.82) is 0 Å². The fourth-order valence-corrected chi connectivity index (χ4v) is 6.07. The van der Waals surface area contributed by atoms with Gasteiger partial charge < -0.3 is 19.3 Å². The van der Waals surface area contributed by atoms with Crippen LogP contribution in [0.3, 0.4) is 0 Å². The van der Waals surface area contributed by atoms with E-state index in [1.807, 2.05) is 24.0 Å². The van der Waals surface area contributed by atoms with E-state index in [2.05, 4.69) is 70.1 Å². The fraction of sp³-hybridized carbons (Fsp3) is 0.600. The Morgan fingerprint density at radius 3 is 2.38 bits per heavy atom. The highest BCUT2D eigenvalue weighted by atomic mass is 16.5. The van der Waals surface area contributed by atoms with Crippen LogP contribution in [0.4, 0.5) is 5.82 Å². The predicted molar refractivity (Wildman–Crippen MR) is 155 cm³/mol. The summed E-state index contributed by atoms with van der Waals surface area (Å²) in [5, 5.41) is 12.8. The molecule has 2 saturated heterocycles. The second-order valence-electron chi connectivity index (χ2n) is 11.3. The van der Waals surface area contributed by atoms with Gasteiger partial charge in [0.15, 0.2) is 5.65 Å². The van der Waals surface area contributed by atoms with Crippen molar-refractivity contribution in [2.75, 3.05) is 51.3 Å². The normalized spacial score (nSPS) is 21.5. The van der Waals surface area contributed by atoms with Gasteiger partial charge in [-0.15, -0.1) is 10.2 Å². The second-order valence-corrected chi connectivity index (χ2v) is 11.3. The van der Waals surface area contributed by atoms with E-state index in [9.17, 15) is 4.79 Å². The van der Waals surface area contributed by atoms with Gasteiger partial charge in [-0.05, 0) is 68.9 Å². The highest BCUT2D eigenvalue weighted by molar-refractivity contribution is 5.78. The summed E-state index contributed by atoms with van der Waals surface area (Å²) in [5.74, 6) is 2.73. The molecular formula is C30H43N7O3. The van der Waals surface area contributed by atoms with Gasteiger partial charge in [-0.2, -0.15) is 4.52 Å². The Morgan fingerprint density at radius 2 is 1.73 bits per heavy atom. The van der Waals surface area contributed by atoms with Gasteiger partial charge in [-0.25, -0.2) is 0 Å². The largest absolute Gasteiger partial charge is 0.492 e. The Balaban J connectivity index is 1.08. The molecule has 2 fully saturated rings. The number of hydrogen-bond acceptors (Lipinski definition) is 8. The minimum absolute atomic E-state index is 0.0991. The summed E-state index contributed by atoms with van der Waals surface area (Å²) < 4.78 is 13.1. The summed E-state index contributed by atoms with van der Waals surface area (Å²) in [6.07, 6.45) is 3.03. The van der Waals surface area contributed by atoms with Gasteiger partial charge in [-0.1, -0.05) is 31.1 Å². The first-order chi connectivity index (χ1) is 19.4. The number of piperidine rings is 1. The number of amides is 1. The summed E-state index contributed by atoms with van der Waals surface area (Å²) in [6.45, 7) is 13.5. The summed E-state index contributed by atoms with van der Waals surface area (Å²) in [7, 11) is 1.58. The molecule has 0 spiro atoms. The summed E-state index contributed by atoms with van der Waals surface area (Å²) >= 11 is 0. The molecule has 0 radical (unpaired) electrons. The summed E-state index contributed by atoms with van der Waals surface area (Å²) in [5.41, 5.74) is 2.04. The van der Waals surface area contributed by atoms with Gasteiger partial charge in [-0.3, -0.25) is 9.69 Å². The van der Waals surface area contributed by atoms with Crippen LogP contribution in [-0.2, 0) is 4.79 Å². The van der Waals surface area contributed by atoms with E-state index in [4.69, 9.17) is 9.47 Å². The number of rotatable bonds is 9. The average Bonchev–Trinajstić information content (AvgIpc) is 3.40. The molecule has 5 rings (SSSR count). The number of anilines is 1. The van der Waals surface area contributed by atoms with Crippen LogP contribution in [0.2, 0.25) is 0 Å². The number of benzene rings is 1. The number of aromatic nitrogens is 4. The third kappa shape index (κ3) is 6.01. The van der Waals surface area contributed by atoms with Gasteiger partial charge in [0.1, 0.15) is 18.2 Å². The molecule has 40 heavy (non-hydrogen) atoms. The molecule has 2 aromatic heterocycles. The Bertz CT molecular complexity index is 1260. The smallest absolute Gasteiger partial charge is 0.338 e. The van der Waals surface area contributed by atoms with Crippen molar-refractivity contribution in [1.82, 2.24) is 29.6 Å². The Kier molecular flexibility index (Phi) is 8.73. The zero-order valence-electron chi connectivity index (χ0n) is 24.5. The molecule has 1 aromatic carbocycles. The maximum atomic E-state index is 12.7. The molecule has 2 aliphatic heterocycles. The molecule has 4 heterocycles. The number of nitrogens with zero attached hydrogens (tertiary/aromatic N) is 7. The molecule has 216 valence electrons. The highest BCUT2D eigenvalue weighted by Gasteiger charge is 2.32. The van der Waals surface area contributed by atoms with E-state index >= 15 is 0 Å². The van der Waals surface area contributed by atoms with E-state index in [1.165, 1.54) is 5.56 Å². The number of methoxy groups -OCH3 is 1. The van der Waals surface area contributed by atoms with Crippen LogP contribution in [0.25, 0.3) is 5.65 Å². The van der Waals surface area contributed by atoms with E-state index in [0.29, 0.717) is 36.3 Å². The highest BCUT2D eigenvalue weighted by Crippen LogP contribution is 2.31. The lowest BCUT2D eigenvalue weighted by molar-refractivity contribution is -0.139. The molecule has 0 saturated carbocycles. The lowest BCUT2D eigenvalue weighted by Crippen LogP contribution is -2.59. The van der Waals surface area contributed by atoms with Crippen molar-refractivity contribution in [3.63, 3.8) is 0 Å². The Labute approximate surface area is 237 Å². The molecule has 3 aromatic rings. The third-order valence-corrected chi connectivity index (χ3v) is 8.64. The predicted octanol–water partition coefficient (Wildman–Crippen LogP) is 3.86. The molecule has 0 N–H and O–H groups in total. The molecule has 10 nitrogen and oxygen atoms in total. The van der Waals surface area contributed by atoms with Crippen LogP contribution in [0.1, 0.15) is 58.4 Å². The topological polar surface area (TPSA) is 88.3 Å². The Morgan fingerprint density at radius 1 is 1.02 bits per heavy atom. The lowest BCUT2D eigenvalue weighted by atomic mass is 9.89. The quantitative estimate of drug-likeness (QED) is 0.398. The van der Waals surface area contributed by atoms with Gasteiger partial charge in [0.2, 0.25) is 5.91 Å². The number of ether oxygens (including phenoxy) is 2. The lowest BCUT2D eigenvalue weighted by Gasteiger charge is -2.45. The van der Waals surface area contributed by atoms with Gasteiger partial charge >= 0.3 is 6.01 Å². The van der Waals surface area contributed by atoms with Crippen LogP contribution in [0.15, 0.2) is 36.4 Å². The first kappa shape index (κ1) is 28.1. The van der Waals surface area contributed by atoms with Crippen LogP contribution in [-0.4, -0.2) is 94.0 Å². The minimum atomic E-state index is 0.0991. The molecule has 0 bridgehead atoms. The zero-order valence-corrected chi connectivity index (χ0v) is 24.5. The van der Waals surface area contributed by atoms with E-state index < -0.39 is 0 Å². The van der Waals surface area contributed by atoms with Crippen molar-refractivity contribution < 1.29 is 14.3 Å². The monoisotopic (exact) mass is 549 g/mol. The first-order valence-corrected chi connectivity index (χ1v) is 14.7. The van der Waals surface area contributed by atoms with E-state index in [1.54, 1.807) is 11.6 Å². The summed E-state index contributed by atoms with van der Waals surface area (Å²) in [4.78, 5) is 19.5. The fourth-order valence-electron chi connectivity index (χ4n) is 6.07. The molecule has 10 heteroatoms. The van der Waals surface area contributed by atoms with Gasteiger partial charge in [0.05, 0.1) is 7.11 Å². The first-order valence-electron chi connectivity index (χ1n) is 14.7. The zero-order chi connectivity index (χ0) is 28.2. The molecule has 3 atom stereocenters. The maximum Gasteiger partial charge on any atom is 0.338 e. The number of fused-ring (bicyclic) bond motifs is 1. The molecular weight excluding hydrogens is 506 g/mol. The minimum Gasteiger partial charge on any atom is -0.492 e. The summed E-state index contributed by atoms with van der Waals surface area (Å²) in [6, 6.07) is 13.6. The number of carbonyl (C=O) groups excluding carboxylic acids is 1.